The van der Waals surface area contributed by atoms with Crippen LogP contribution < -0.4 is 14.8 Å². The van der Waals surface area contributed by atoms with Gasteiger partial charge < -0.3 is 14.8 Å². The average molecular weight is 310 g/mol. The van der Waals surface area contributed by atoms with Gasteiger partial charge in [-0.25, -0.2) is 0 Å². The molecule has 0 fully saturated rings. The van der Waals surface area contributed by atoms with Gasteiger partial charge in [0.2, 0.25) is 11.8 Å². The Balaban J connectivity index is 3.12. The van der Waals surface area contributed by atoms with Crippen LogP contribution in [0.5, 0.6) is 11.8 Å². The zero-order chi connectivity index (χ0) is 16.0. The molecule has 0 aliphatic carbocycles. The first-order valence-corrected chi connectivity index (χ1v) is 7.44. The van der Waals surface area contributed by atoms with Crippen molar-refractivity contribution >= 4 is 11.8 Å². The number of hydrogen-bond acceptors (Lipinski definition) is 7. The number of ether oxygens (including phenoxy) is 2. The zero-order valence-corrected chi connectivity index (χ0v) is 14.1. The number of thioether (sulfide) groups is 1. The molecule has 116 valence electrons. The second-order valence-electron chi connectivity index (χ2n) is 5.54. The van der Waals surface area contributed by atoms with Gasteiger partial charge in [-0.05, 0) is 12.5 Å². The van der Waals surface area contributed by atoms with Gasteiger partial charge in [-0.3, -0.25) is 0 Å². The van der Waals surface area contributed by atoms with Crippen LogP contribution in [0.25, 0.3) is 0 Å². The molecule has 0 spiro atoms. The third-order valence-corrected chi connectivity index (χ3v) is 4.54. The number of hydrogen-bond donors (Lipinski definition) is 1. The molecule has 0 amide bonds. The monoisotopic (exact) mass is 310 g/mol. The molecule has 0 bridgehead atoms. The summed E-state index contributed by atoms with van der Waals surface area (Å²) in [4.78, 5) is 8.63. The summed E-state index contributed by atoms with van der Waals surface area (Å²) in [6, 6.07) is 3.60. The van der Waals surface area contributed by atoms with Crippen LogP contribution in [0.4, 0.5) is 0 Å². The van der Waals surface area contributed by atoms with Gasteiger partial charge in [0, 0.05) is 5.25 Å². The van der Waals surface area contributed by atoms with Crippen LogP contribution in [-0.2, 0) is 0 Å². The van der Waals surface area contributed by atoms with E-state index in [1.54, 1.807) is 27.3 Å². The fourth-order valence-electron chi connectivity index (χ4n) is 1.79. The molecule has 1 N–H and O–H groups in total. The second-order valence-corrected chi connectivity index (χ2v) is 6.64. The summed E-state index contributed by atoms with van der Waals surface area (Å²) in [5.74, 6) is 0.880. The molecule has 0 aromatic carbocycles. The van der Waals surface area contributed by atoms with Crippen molar-refractivity contribution in [1.29, 1.82) is 5.26 Å². The van der Waals surface area contributed by atoms with Gasteiger partial charge in [0.05, 0.1) is 26.4 Å². The molecule has 2 atom stereocenters. The van der Waals surface area contributed by atoms with Crippen LogP contribution in [0, 0.1) is 16.7 Å². The molecule has 7 heteroatoms. The number of nitrogens with zero attached hydrogens (tertiary/aromatic N) is 3. The van der Waals surface area contributed by atoms with Crippen LogP contribution in [0.2, 0.25) is 0 Å². The smallest absolute Gasteiger partial charge is 0.220 e. The van der Waals surface area contributed by atoms with E-state index in [0.717, 1.165) is 0 Å². The Hall–Kier alpha value is -1.52. The molecule has 0 saturated heterocycles. The van der Waals surface area contributed by atoms with Crippen LogP contribution in [0.3, 0.4) is 0 Å². The van der Waals surface area contributed by atoms with E-state index < -0.39 is 0 Å². The third kappa shape index (κ3) is 4.76. The Bertz CT molecular complexity index is 488. The van der Waals surface area contributed by atoms with Gasteiger partial charge in [-0.1, -0.05) is 32.5 Å². The number of rotatable bonds is 6. The molecule has 0 aliphatic heterocycles. The van der Waals surface area contributed by atoms with Gasteiger partial charge in [-0.2, -0.15) is 15.2 Å². The van der Waals surface area contributed by atoms with Crippen molar-refractivity contribution < 1.29 is 9.47 Å². The van der Waals surface area contributed by atoms with Gasteiger partial charge in [0.15, 0.2) is 5.16 Å². The Morgan fingerprint density at radius 2 is 1.76 bits per heavy atom. The summed E-state index contributed by atoms with van der Waals surface area (Å²) in [5.41, 5.74) is -0.103. The summed E-state index contributed by atoms with van der Waals surface area (Å²) in [6.45, 7) is 6.26. The van der Waals surface area contributed by atoms with E-state index in [4.69, 9.17) is 9.47 Å². The van der Waals surface area contributed by atoms with Gasteiger partial charge in [0.25, 0.3) is 0 Å². The molecule has 0 aliphatic rings. The second kappa shape index (κ2) is 7.48. The first-order chi connectivity index (χ1) is 9.85. The van der Waals surface area contributed by atoms with E-state index in [2.05, 4.69) is 42.1 Å². The highest BCUT2D eigenvalue weighted by atomic mass is 32.2. The quantitative estimate of drug-likeness (QED) is 0.636. The van der Waals surface area contributed by atoms with Crippen LogP contribution in [0.15, 0.2) is 11.2 Å². The van der Waals surface area contributed by atoms with Crippen molar-refractivity contribution in [3.8, 4) is 17.8 Å². The molecule has 21 heavy (non-hydrogen) atoms. The van der Waals surface area contributed by atoms with E-state index in [-0.39, 0.29) is 16.7 Å². The van der Waals surface area contributed by atoms with E-state index in [1.165, 1.54) is 11.8 Å². The Labute approximate surface area is 130 Å². The van der Waals surface area contributed by atoms with Gasteiger partial charge in [-0.15, -0.1) is 0 Å². The van der Waals surface area contributed by atoms with Crippen LogP contribution in [0.1, 0.15) is 20.8 Å². The largest absolute Gasteiger partial charge is 0.481 e. The summed E-state index contributed by atoms with van der Waals surface area (Å²) >= 11 is 1.44. The molecule has 2 unspecified atom stereocenters. The third-order valence-electron chi connectivity index (χ3n) is 2.92. The Morgan fingerprint density at radius 3 is 2.10 bits per heavy atom. The molecule has 1 rings (SSSR count). The minimum absolute atomic E-state index is 0.0238. The molecule has 1 aromatic heterocycles. The first-order valence-electron chi connectivity index (χ1n) is 6.56. The van der Waals surface area contributed by atoms with Gasteiger partial charge in [0.1, 0.15) is 6.04 Å². The zero-order valence-electron chi connectivity index (χ0n) is 13.3. The Kier molecular flexibility index (Phi) is 6.24. The predicted octanol–water partition coefficient (Wildman–Crippen LogP) is 2.11. The summed E-state index contributed by atoms with van der Waals surface area (Å²) in [5, 5.41) is 12.9. The highest BCUT2D eigenvalue weighted by Gasteiger charge is 2.33. The fraction of sp³-hybridized carbons (Fsp3) is 0.643. The maximum absolute atomic E-state index is 9.32. The lowest BCUT2D eigenvalue weighted by molar-refractivity contribution is 0.355. The molecule has 1 heterocycles. The van der Waals surface area contributed by atoms with Crippen LogP contribution in [-0.4, -0.2) is 42.5 Å². The lowest BCUT2D eigenvalue weighted by atomic mass is 9.88. The normalized spacial score (nSPS) is 14.1. The average Bonchev–Trinajstić information content (AvgIpc) is 2.46. The van der Waals surface area contributed by atoms with E-state index in [9.17, 15) is 5.26 Å². The maximum atomic E-state index is 9.32. The summed E-state index contributed by atoms with van der Waals surface area (Å²) in [6.07, 6.45) is 0. The number of nitrogens with one attached hydrogen (secondary N) is 1. The molecular formula is C14H22N4O2S. The lowest BCUT2D eigenvalue weighted by Crippen LogP contribution is -2.42. The number of nitriles is 1. The molecular weight excluding hydrogens is 288 g/mol. The standard InChI is InChI=1S/C14H22N4O2S/c1-14(2,3)12(9(8-15)16-4)21-13-17-10(19-5)7-11(18-13)20-6/h7,9,12,16H,1-6H3. The molecule has 0 saturated carbocycles. The van der Waals surface area contributed by atoms with Crippen molar-refractivity contribution in [2.45, 2.75) is 37.2 Å². The van der Waals surface area contributed by atoms with Crippen molar-refractivity contribution in [2.75, 3.05) is 21.3 Å². The van der Waals surface area contributed by atoms with Crippen LogP contribution >= 0.6 is 11.8 Å². The predicted molar refractivity (Wildman–Crippen MR) is 82.7 cm³/mol. The van der Waals surface area contributed by atoms with Crippen molar-refractivity contribution in [3.05, 3.63) is 6.07 Å². The van der Waals surface area contributed by atoms with Crippen molar-refractivity contribution in [3.63, 3.8) is 0 Å². The lowest BCUT2D eigenvalue weighted by Gasteiger charge is -2.32. The SMILES string of the molecule is CNC(C#N)C(Sc1nc(OC)cc(OC)n1)C(C)(C)C. The summed E-state index contributed by atoms with van der Waals surface area (Å²) < 4.78 is 10.3. The van der Waals surface area contributed by atoms with E-state index >= 15 is 0 Å². The fourth-order valence-corrected chi connectivity index (χ4v) is 2.99. The topological polar surface area (TPSA) is 80.1 Å². The van der Waals surface area contributed by atoms with E-state index in [1.807, 2.05) is 0 Å². The number of methoxy groups -OCH3 is 2. The van der Waals surface area contributed by atoms with Crippen molar-refractivity contribution in [2.24, 2.45) is 5.41 Å². The maximum Gasteiger partial charge on any atom is 0.220 e. The first kappa shape index (κ1) is 17.5. The molecule has 6 nitrogen and oxygen atoms in total. The summed E-state index contributed by atoms with van der Waals surface area (Å²) in [7, 11) is 4.87. The molecule has 1 aromatic rings. The van der Waals surface area contributed by atoms with Gasteiger partial charge >= 0.3 is 0 Å². The molecule has 0 radical (unpaired) electrons. The minimum atomic E-state index is -0.309. The van der Waals surface area contributed by atoms with E-state index in [0.29, 0.717) is 16.9 Å². The number of aromatic nitrogens is 2. The highest BCUT2D eigenvalue weighted by molar-refractivity contribution is 7.99. The van der Waals surface area contributed by atoms with Crippen molar-refractivity contribution in [1.82, 2.24) is 15.3 Å². The minimum Gasteiger partial charge on any atom is -0.481 e. The highest BCUT2D eigenvalue weighted by Crippen LogP contribution is 2.37. The Morgan fingerprint density at radius 1 is 1.24 bits per heavy atom.